The van der Waals surface area contributed by atoms with Crippen LogP contribution >= 0.6 is 11.6 Å². The van der Waals surface area contributed by atoms with Crippen LogP contribution in [0.15, 0.2) is 23.1 Å². The maximum Gasteiger partial charge on any atom is 0.303 e. The molecule has 0 aromatic heterocycles. The van der Waals surface area contributed by atoms with Gasteiger partial charge in [-0.15, -0.1) is 0 Å². The van der Waals surface area contributed by atoms with E-state index < -0.39 is 15.8 Å². The molecule has 7 heteroatoms. The largest absolute Gasteiger partial charge is 0.481 e. The summed E-state index contributed by atoms with van der Waals surface area (Å²) in [7, 11) is -3.42. The molecule has 1 N–H and O–H groups in total. The molecule has 0 radical (unpaired) electrons. The molecule has 126 valence electrons. The molecule has 1 aliphatic carbocycles. The van der Waals surface area contributed by atoms with Crippen molar-refractivity contribution in [3.8, 4) is 0 Å². The van der Waals surface area contributed by atoms with Gasteiger partial charge in [0.15, 0.2) is 9.84 Å². The highest BCUT2D eigenvalue weighted by atomic mass is 35.5. The molecule has 1 aromatic carbocycles. The van der Waals surface area contributed by atoms with Gasteiger partial charge in [-0.3, -0.25) is 9.59 Å². The second kappa shape index (κ2) is 7.01. The summed E-state index contributed by atoms with van der Waals surface area (Å²) in [6, 6.07) is 4.60. The number of ketones is 1. The lowest BCUT2D eigenvalue weighted by Gasteiger charge is -2.29. The Labute approximate surface area is 140 Å². The Hall–Kier alpha value is -1.40. The van der Waals surface area contributed by atoms with Crippen LogP contribution in [-0.4, -0.2) is 31.5 Å². The molecule has 1 atom stereocenters. The van der Waals surface area contributed by atoms with E-state index in [0.29, 0.717) is 31.2 Å². The average Bonchev–Trinajstić information content (AvgIpc) is 2.44. The molecule has 1 unspecified atom stereocenters. The normalized spacial score (nSPS) is 17.9. The van der Waals surface area contributed by atoms with Crippen LogP contribution < -0.4 is 0 Å². The van der Waals surface area contributed by atoms with Gasteiger partial charge in [-0.05, 0) is 42.4 Å². The Bertz CT molecular complexity index is 716. The molecular weight excluding hydrogens is 340 g/mol. The number of carbonyl (C=O) groups excluding carboxylic acids is 1. The lowest BCUT2D eigenvalue weighted by Crippen LogP contribution is -2.22. The van der Waals surface area contributed by atoms with E-state index in [1.54, 1.807) is 12.1 Å². The van der Waals surface area contributed by atoms with Crippen molar-refractivity contribution in [3.63, 3.8) is 0 Å². The van der Waals surface area contributed by atoms with E-state index in [1.165, 1.54) is 6.07 Å². The number of hydrogen-bond acceptors (Lipinski definition) is 4. The van der Waals surface area contributed by atoms with E-state index in [-0.39, 0.29) is 34.0 Å². The van der Waals surface area contributed by atoms with E-state index in [2.05, 4.69) is 0 Å². The quantitative estimate of drug-likeness (QED) is 0.873. The lowest BCUT2D eigenvalue weighted by atomic mass is 9.75. The van der Waals surface area contributed by atoms with Gasteiger partial charge < -0.3 is 5.11 Å². The molecule has 0 amide bonds. The van der Waals surface area contributed by atoms with Crippen LogP contribution in [0.1, 0.15) is 43.6 Å². The Kier molecular flexibility index (Phi) is 5.47. The van der Waals surface area contributed by atoms with Crippen LogP contribution in [0, 0.1) is 5.92 Å². The van der Waals surface area contributed by atoms with E-state index >= 15 is 0 Å². The predicted molar refractivity (Wildman–Crippen MR) is 86.5 cm³/mol. The summed E-state index contributed by atoms with van der Waals surface area (Å²) in [6.45, 7) is 0. The van der Waals surface area contributed by atoms with Gasteiger partial charge in [0.05, 0.1) is 16.3 Å². The Balaban J connectivity index is 2.34. The zero-order chi connectivity index (χ0) is 17.2. The number of carboxylic acids is 1. The molecule has 1 fully saturated rings. The Morgan fingerprint density at radius 2 is 1.96 bits per heavy atom. The minimum absolute atomic E-state index is 0.0378. The fourth-order valence-electron chi connectivity index (χ4n) is 3.16. The second-order valence-corrected chi connectivity index (χ2v) is 8.43. The summed E-state index contributed by atoms with van der Waals surface area (Å²) in [5.74, 6) is -0.897. The zero-order valence-electron chi connectivity index (χ0n) is 12.8. The number of hydrogen-bond donors (Lipinski definition) is 1. The van der Waals surface area contributed by atoms with Crippen molar-refractivity contribution in [1.82, 2.24) is 0 Å². The first-order valence-electron chi connectivity index (χ1n) is 7.41. The Morgan fingerprint density at radius 1 is 1.35 bits per heavy atom. The maximum atomic E-state index is 11.6. The summed E-state index contributed by atoms with van der Waals surface area (Å²) in [4.78, 5) is 22.6. The monoisotopic (exact) mass is 358 g/mol. The number of halogens is 1. The third-order valence-electron chi connectivity index (χ3n) is 4.34. The highest BCUT2D eigenvalue weighted by Crippen LogP contribution is 2.39. The SMILES string of the molecule is CS(=O)(=O)c1ccc(C(CC(=O)O)C2CCC(=O)CC2)cc1Cl. The van der Waals surface area contributed by atoms with Crippen LogP contribution in [0.4, 0.5) is 0 Å². The molecule has 0 bridgehead atoms. The summed E-state index contributed by atoms with van der Waals surface area (Å²) in [6.07, 6.45) is 3.26. The highest BCUT2D eigenvalue weighted by molar-refractivity contribution is 7.90. The van der Waals surface area contributed by atoms with Crippen LogP contribution in [0.25, 0.3) is 0 Å². The zero-order valence-corrected chi connectivity index (χ0v) is 14.4. The van der Waals surface area contributed by atoms with Crippen molar-refractivity contribution in [2.75, 3.05) is 6.26 Å². The third-order valence-corrected chi connectivity index (χ3v) is 5.91. The van der Waals surface area contributed by atoms with Gasteiger partial charge in [-0.1, -0.05) is 17.7 Å². The van der Waals surface area contributed by atoms with E-state index in [1.807, 2.05) is 0 Å². The first kappa shape index (κ1) is 17.9. The predicted octanol–water partition coefficient (Wildman–Crippen LogP) is 3.06. The van der Waals surface area contributed by atoms with Crippen molar-refractivity contribution < 1.29 is 23.1 Å². The molecule has 0 saturated heterocycles. The van der Waals surface area contributed by atoms with Crippen LogP contribution in [0.2, 0.25) is 5.02 Å². The summed E-state index contributed by atoms with van der Waals surface area (Å²) in [5, 5.41) is 9.29. The van der Waals surface area contributed by atoms with Gasteiger partial charge in [-0.25, -0.2) is 8.42 Å². The van der Waals surface area contributed by atoms with Crippen LogP contribution in [-0.2, 0) is 19.4 Å². The smallest absolute Gasteiger partial charge is 0.303 e. The van der Waals surface area contributed by atoms with E-state index in [4.69, 9.17) is 11.6 Å². The third kappa shape index (κ3) is 4.54. The number of carboxylic acid groups (broad SMARTS) is 1. The van der Waals surface area contributed by atoms with Gasteiger partial charge in [0.1, 0.15) is 5.78 Å². The number of carbonyl (C=O) groups is 2. The number of benzene rings is 1. The molecule has 0 aliphatic heterocycles. The van der Waals surface area contributed by atoms with Crippen molar-refractivity contribution >= 4 is 33.2 Å². The second-order valence-electron chi connectivity index (χ2n) is 6.04. The summed E-state index contributed by atoms with van der Waals surface area (Å²) < 4.78 is 23.3. The molecular formula is C16H19ClO5S. The minimum Gasteiger partial charge on any atom is -0.481 e. The van der Waals surface area contributed by atoms with Crippen LogP contribution in [0.5, 0.6) is 0 Å². The van der Waals surface area contributed by atoms with Crippen LogP contribution in [0.3, 0.4) is 0 Å². The maximum absolute atomic E-state index is 11.6. The van der Waals surface area contributed by atoms with Gasteiger partial charge in [0.2, 0.25) is 0 Å². The lowest BCUT2D eigenvalue weighted by molar-refractivity contribution is -0.137. The number of rotatable bonds is 5. The van der Waals surface area contributed by atoms with Gasteiger partial charge in [-0.2, -0.15) is 0 Å². The number of aliphatic carboxylic acids is 1. The minimum atomic E-state index is -3.42. The molecule has 0 heterocycles. The molecule has 23 heavy (non-hydrogen) atoms. The molecule has 1 saturated carbocycles. The van der Waals surface area contributed by atoms with E-state index in [9.17, 15) is 23.1 Å². The number of Topliss-reactive ketones (excluding diaryl/α,β-unsaturated/α-hetero) is 1. The van der Waals surface area contributed by atoms with Gasteiger partial charge >= 0.3 is 5.97 Å². The van der Waals surface area contributed by atoms with Crippen molar-refractivity contribution in [2.45, 2.75) is 42.9 Å². The molecule has 5 nitrogen and oxygen atoms in total. The van der Waals surface area contributed by atoms with Gasteiger partial charge in [0, 0.05) is 19.1 Å². The molecule has 1 aromatic rings. The highest BCUT2D eigenvalue weighted by Gasteiger charge is 2.30. The Morgan fingerprint density at radius 3 is 2.43 bits per heavy atom. The summed E-state index contributed by atoms with van der Waals surface area (Å²) >= 11 is 6.08. The fraction of sp³-hybridized carbons (Fsp3) is 0.500. The number of sulfone groups is 1. The fourth-order valence-corrected chi connectivity index (χ4v) is 4.50. The van der Waals surface area contributed by atoms with Gasteiger partial charge in [0.25, 0.3) is 0 Å². The first-order chi connectivity index (χ1) is 10.7. The molecule has 0 spiro atoms. The topological polar surface area (TPSA) is 88.5 Å². The van der Waals surface area contributed by atoms with Crippen molar-refractivity contribution in [1.29, 1.82) is 0 Å². The summed E-state index contributed by atoms with van der Waals surface area (Å²) in [5.41, 5.74) is 0.712. The van der Waals surface area contributed by atoms with E-state index in [0.717, 1.165) is 6.26 Å². The van der Waals surface area contributed by atoms with Crippen molar-refractivity contribution in [2.24, 2.45) is 5.92 Å². The standard InChI is InChI=1S/C16H19ClO5S/c1-23(21,22)15-7-4-11(8-14(15)17)13(9-16(19)20)10-2-5-12(18)6-3-10/h4,7-8,10,13H,2-3,5-6,9H2,1H3,(H,19,20). The average molecular weight is 359 g/mol. The van der Waals surface area contributed by atoms with Crippen molar-refractivity contribution in [3.05, 3.63) is 28.8 Å². The first-order valence-corrected chi connectivity index (χ1v) is 9.68. The molecule has 1 aliphatic rings. The molecule has 2 rings (SSSR count).